The number of nitrogens with zero attached hydrogens (tertiary/aromatic N) is 1. The van der Waals surface area contributed by atoms with Gasteiger partial charge in [0.1, 0.15) is 6.29 Å². The molecule has 0 N–H and O–H groups in total. The van der Waals surface area contributed by atoms with Gasteiger partial charge in [-0.1, -0.05) is 29.3 Å². The van der Waals surface area contributed by atoms with Crippen molar-refractivity contribution in [2.45, 2.75) is 18.1 Å². The van der Waals surface area contributed by atoms with Gasteiger partial charge in [-0.05, 0) is 25.2 Å². The van der Waals surface area contributed by atoms with Gasteiger partial charge in [-0.25, -0.2) is 0 Å². The molecule has 0 bridgehead atoms. The van der Waals surface area contributed by atoms with E-state index in [-0.39, 0.29) is 24.4 Å². The van der Waals surface area contributed by atoms with Crippen LogP contribution in [0.3, 0.4) is 0 Å². The molecule has 7 heteroatoms. The van der Waals surface area contributed by atoms with Crippen LogP contribution in [0.25, 0.3) is 0 Å². The molecule has 0 amide bonds. The third-order valence-corrected chi connectivity index (χ3v) is 4.81. The second-order valence-corrected chi connectivity index (χ2v) is 6.79. The number of sulfonamides is 1. The predicted octanol–water partition coefficient (Wildman–Crippen LogP) is 3.01. The van der Waals surface area contributed by atoms with Crippen LogP contribution >= 0.6 is 0 Å². The Bertz CT molecular complexity index is 834. The minimum absolute atomic E-state index is 0. The van der Waals surface area contributed by atoms with E-state index in [1.54, 1.807) is 12.1 Å². The van der Waals surface area contributed by atoms with E-state index in [1.807, 2.05) is 31.2 Å². The van der Waals surface area contributed by atoms with E-state index in [9.17, 15) is 8.42 Å². The van der Waals surface area contributed by atoms with Crippen LogP contribution in [0.4, 0.5) is 0 Å². The average molecular weight is 433 g/mol. The molecule has 5 nitrogen and oxygen atoms in total. The molecule has 0 saturated heterocycles. The second kappa shape index (κ2) is 7.57. The van der Waals surface area contributed by atoms with Crippen LogP contribution in [0, 0.1) is 13.0 Å². The molecule has 2 aromatic rings. The van der Waals surface area contributed by atoms with Gasteiger partial charge in [-0.2, -0.15) is 18.9 Å². The predicted molar refractivity (Wildman–Crippen MR) is 86.5 cm³/mol. The summed E-state index contributed by atoms with van der Waals surface area (Å²) in [7, 11) is -2.23. The molecule has 24 heavy (non-hydrogen) atoms. The maximum Gasteiger partial charge on any atom is 0.281 e. The quantitative estimate of drug-likeness (QED) is 0.423. The SMILES string of the molecule is COC1O[C-](/C=N\S(=O)(=O)c2ccc(C)cc2)c2ccccc21.[Rh]. The zero-order valence-corrected chi connectivity index (χ0v) is 15.6. The van der Waals surface area contributed by atoms with E-state index >= 15 is 0 Å². The Morgan fingerprint density at radius 1 is 1.17 bits per heavy atom. The summed E-state index contributed by atoms with van der Waals surface area (Å²) < 4.78 is 39.1. The maximum atomic E-state index is 12.3. The molecule has 129 valence electrons. The summed E-state index contributed by atoms with van der Waals surface area (Å²) in [5.41, 5.74) is 2.62. The molecule has 0 saturated carbocycles. The van der Waals surface area contributed by atoms with Gasteiger partial charge in [0.15, 0.2) is 0 Å². The van der Waals surface area contributed by atoms with Gasteiger partial charge < -0.3 is 9.47 Å². The number of methoxy groups -OCH3 is 1. The summed E-state index contributed by atoms with van der Waals surface area (Å²) >= 11 is 0. The van der Waals surface area contributed by atoms with Crippen LogP contribution < -0.4 is 0 Å². The Morgan fingerprint density at radius 3 is 2.50 bits per heavy atom. The van der Waals surface area contributed by atoms with Crippen molar-refractivity contribution in [3.63, 3.8) is 0 Å². The van der Waals surface area contributed by atoms with Gasteiger partial charge in [0, 0.05) is 32.8 Å². The first kappa shape index (κ1) is 18.8. The van der Waals surface area contributed by atoms with Gasteiger partial charge in [0.2, 0.25) is 0 Å². The van der Waals surface area contributed by atoms with E-state index in [4.69, 9.17) is 9.47 Å². The van der Waals surface area contributed by atoms with Gasteiger partial charge in [0.25, 0.3) is 10.0 Å². The number of aryl methyl sites for hydroxylation is 1. The first-order valence-electron chi connectivity index (χ1n) is 7.04. The van der Waals surface area contributed by atoms with E-state index in [0.29, 0.717) is 6.10 Å². The molecule has 1 aliphatic heterocycles. The zero-order chi connectivity index (χ0) is 16.4. The van der Waals surface area contributed by atoms with Gasteiger partial charge in [0.05, 0.1) is 4.90 Å². The summed E-state index contributed by atoms with van der Waals surface area (Å²) in [5.74, 6) is 0. The molecular weight excluding hydrogens is 417 g/mol. The Morgan fingerprint density at radius 2 is 1.83 bits per heavy atom. The molecule has 1 aliphatic rings. The third-order valence-electron chi connectivity index (χ3n) is 3.56. The molecular formula is C17H16NO4RhS-. The number of rotatable bonds is 4. The van der Waals surface area contributed by atoms with E-state index < -0.39 is 16.3 Å². The molecule has 0 aliphatic carbocycles. The van der Waals surface area contributed by atoms with Crippen LogP contribution in [0.15, 0.2) is 57.8 Å². The molecule has 1 heterocycles. The molecule has 0 spiro atoms. The van der Waals surface area contributed by atoms with Crippen molar-refractivity contribution in [1.29, 1.82) is 0 Å². The standard InChI is InChI=1S/C17H16NO4S.Rh/c1-12-7-9-13(10-8-12)23(19,20)18-11-16-14-5-3-4-6-15(14)17(21-2)22-16;/h3-11,17H,1-2H3;/q-1;/b18-11-;. The molecule has 1 radical (unpaired) electrons. The van der Waals surface area contributed by atoms with Crippen molar-refractivity contribution in [2.24, 2.45) is 4.40 Å². The van der Waals surface area contributed by atoms with Crippen molar-refractivity contribution < 1.29 is 37.4 Å². The van der Waals surface area contributed by atoms with Crippen molar-refractivity contribution in [3.05, 3.63) is 71.3 Å². The molecule has 2 aromatic carbocycles. The molecule has 1 unspecified atom stereocenters. The maximum absolute atomic E-state index is 12.3. The minimum Gasteiger partial charge on any atom is -0.384 e. The van der Waals surface area contributed by atoms with Crippen LogP contribution in [-0.2, 0) is 39.0 Å². The minimum atomic E-state index is -3.76. The average Bonchev–Trinajstić information content (AvgIpc) is 2.92. The van der Waals surface area contributed by atoms with Crippen molar-refractivity contribution in [2.75, 3.05) is 7.11 Å². The smallest absolute Gasteiger partial charge is 0.281 e. The topological polar surface area (TPSA) is 65.0 Å². The Balaban J connectivity index is 0.00000208. The van der Waals surface area contributed by atoms with Crippen LogP contribution in [-0.4, -0.2) is 21.7 Å². The third kappa shape index (κ3) is 3.75. The van der Waals surface area contributed by atoms with Gasteiger partial charge >= 0.3 is 0 Å². The summed E-state index contributed by atoms with van der Waals surface area (Å²) in [5, 5.41) is 0. The van der Waals surface area contributed by atoms with Crippen LogP contribution in [0.5, 0.6) is 0 Å². The first-order chi connectivity index (χ1) is 11.0. The van der Waals surface area contributed by atoms with Crippen LogP contribution in [0.1, 0.15) is 23.0 Å². The number of benzene rings is 2. The number of hydrogen-bond donors (Lipinski definition) is 0. The summed E-state index contributed by atoms with van der Waals surface area (Å²) in [6.45, 7) is 1.89. The molecule has 0 fully saturated rings. The molecule has 0 aromatic heterocycles. The summed E-state index contributed by atoms with van der Waals surface area (Å²) in [4.78, 5) is 0.148. The summed E-state index contributed by atoms with van der Waals surface area (Å²) in [6, 6.07) is 14.0. The fourth-order valence-electron chi connectivity index (χ4n) is 2.33. The van der Waals surface area contributed by atoms with Gasteiger partial charge in [-0.15, -0.1) is 17.7 Å². The number of fused-ring (bicyclic) bond motifs is 1. The van der Waals surface area contributed by atoms with E-state index in [0.717, 1.165) is 16.7 Å². The fraction of sp³-hybridized carbons (Fsp3) is 0.176. The Labute approximate surface area is 154 Å². The van der Waals surface area contributed by atoms with Crippen molar-refractivity contribution in [3.8, 4) is 0 Å². The molecule has 1 atom stereocenters. The molecule has 3 rings (SSSR count). The van der Waals surface area contributed by atoms with Crippen molar-refractivity contribution >= 4 is 16.2 Å². The first-order valence-corrected chi connectivity index (χ1v) is 8.48. The zero-order valence-electron chi connectivity index (χ0n) is 13.1. The normalized spacial score (nSPS) is 16.9. The fourth-order valence-corrected chi connectivity index (χ4v) is 3.17. The van der Waals surface area contributed by atoms with Crippen LogP contribution in [0.2, 0.25) is 0 Å². The summed E-state index contributed by atoms with van der Waals surface area (Å²) in [6.07, 6.45) is 1.06. The Kier molecular flexibility index (Phi) is 5.93. The monoisotopic (exact) mass is 433 g/mol. The van der Waals surface area contributed by atoms with E-state index in [1.165, 1.54) is 25.5 Å². The van der Waals surface area contributed by atoms with Gasteiger partial charge in [-0.3, -0.25) is 0 Å². The van der Waals surface area contributed by atoms with E-state index in [2.05, 4.69) is 4.40 Å². The Hall–Kier alpha value is -1.53. The number of ether oxygens (including phenoxy) is 2. The van der Waals surface area contributed by atoms with Crippen molar-refractivity contribution in [1.82, 2.24) is 0 Å². The largest absolute Gasteiger partial charge is 0.384 e. The number of hydrogen-bond acceptors (Lipinski definition) is 4. The second-order valence-electron chi connectivity index (χ2n) is 5.16.